The van der Waals surface area contributed by atoms with E-state index in [2.05, 4.69) is 10.6 Å². The third kappa shape index (κ3) is 5.72. The minimum Gasteiger partial charge on any atom is -0.363 e. The highest BCUT2D eigenvalue weighted by Gasteiger charge is 2.19. The van der Waals surface area contributed by atoms with Gasteiger partial charge >= 0.3 is 0 Å². The van der Waals surface area contributed by atoms with Gasteiger partial charge in [0.05, 0.1) is 16.2 Å². The molecule has 10 heteroatoms. The van der Waals surface area contributed by atoms with Gasteiger partial charge in [-0.25, -0.2) is 0 Å². The second kappa shape index (κ2) is 9.92. The van der Waals surface area contributed by atoms with Gasteiger partial charge in [-0.1, -0.05) is 23.7 Å². The maximum absolute atomic E-state index is 12.8. The maximum Gasteiger partial charge on any atom is 0.270 e. The number of nitro benzene ring substituents is 1. The van der Waals surface area contributed by atoms with Crippen LogP contribution in [0.2, 0.25) is 5.02 Å². The molecule has 0 bridgehead atoms. The standard InChI is InChI=1S/C23H20ClN5O4/c1-28(2)21(25)14-3-5-15(6-4-14)22(30)27-20-12-11-18(29(32)33)13-19(20)23(31)26-17-9-7-16(24)8-10-17/h3-13,25H,1-2H3,(H,26,31)(H,27,30). The van der Waals surface area contributed by atoms with Crippen LogP contribution in [0.5, 0.6) is 0 Å². The molecule has 3 aromatic rings. The van der Waals surface area contributed by atoms with Gasteiger partial charge in [-0.2, -0.15) is 0 Å². The minimum absolute atomic E-state index is 0.0708. The number of halogens is 1. The molecular formula is C23H20ClN5O4. The van der Waals surface area contributed by atoms with Crippen LogP contribution in [0.25, 0.3) is 0 Å². The Morgan fingerprint density at radius 1 is 0.909 bits per heavy atom. The lowest BCUT2D eigenvalue weighted by Gasteiger charge is -2.14. The number of rotatable bonds is 6. The molecule has 0 fully saturated rings. The summed E-state index contributed by atoms with van der Waals surface area (Å²) in [6.07, 6.45) is 0. The Balaban J connectivity index is 1.86. The molecule has 3 N–H and O–H groups in total. The van der Waals surface area contributed by atoms with E-state index in [0.717, 1.165) is 6.07 Å². The molecule has 0 heterocycles. The van der Waals surface area contributed by atoms with Gasteiger partial charge in [0, 0.05) is 48.1 Å². The van der Waals surface area contributed by atoms with Crippen molar-refractivity contribution in [2.24, 2.45) is 0 Å². The molecule has 0 unspecified atom stereocenters. The first kappa shape index (κ1) is 23.4. The molecule has 0 aliphatic carbocycles. The number of carbonyl (C=O) groups excluding carboxylic acids is 2. The van der Waals surface area contributed by atoms with Gasteiger partial charge in [-0.15, -0.1) is 0 Å². The normalized spacial score (nSPS) is 10.3. The van der Waals surface area contributed by atoms with E-state index in [9.17, 15) is 19.7 Å². The first-order valence-corrected chi connectivity index (χ1v) is 10.1. The minimum atomic E-state index is -0.633. The van der Waals surface area contributed by atoms with Gasteiger partial charge in [0.15, 0.2) is 0 Å². The van der Waals surface area contributed by atoms with E-state index in [4.69, 9.17) is 17.0 Å². The second-order valence-corrected chi connectivity index (χ2v) is 7.66. The van der Waals surface area contributed by atoms with Crippen LogP contribution >= 0.6 is 11.6 Å². The molecule has 0 radical (unpaired) electrons. The van der Waals surface area contributed by atoms with Crippen LogP contribution in [0.1, 0.15) is 26.3 Å². The molecule has 3 aromatic carbocycles. The van der Waals surface area contributed by atoms with E-state index < -0.39 is 16.7 Å². The highest BCUT2D eigenvalue weighted by atomic mass is 35.5. The van der Waals surface area contributed by atoms with Crippen LogP contribution in [-0.2, 0) is 0 Å². The fourth-order valence-corrected chi connectivity index (χ4v) is 3.03. The Kier molecular flexibility index (Phi) is 7.04. The van der Waals surface area contributed by atoms with Crippen molar-refractivity contribution >= 4 is 46.3 Å². The van der Waals surface area contributed by atoms with Crippen LogP contribution in [-0.4, -0.2) is 41.6 Å². The van der Waals surface area contributed by atoms with Crippen molar-refractivity contribution in [1.82, 2.24) is 4.90 Å². The quantitative estimate of drug-likeness (QED) is 0.211. The van der Waals surface area contributed by atoms with Gasteiger partial charge in [0.25, 0.3) is 17.5 Å². The molecule has 0 aromatic heterocycles. The maximum atomic E-state index is 12.8. The zero-order chi connectivity index (χ0) is 24.1. The molecule has 3 rings (SSSR count). The molecule has 2 amide bonds. The second-order valence-electron chi connectivity index (χ2n) is 7.22. The van der Waals surface area contributed by atoms with Gasteiger partial charge in [0.2, 0.25) is 0 Å². The third-order valence-electron chi connectivity index (χ3n) is 4.68. The monoisotopic (exact) mass is 465 g/mol. The highest BCUT2D eigenvalue weighted by molar-refractivity contribution is 6.30. The number of benzene rings is 3. The Hall–Kier alpha value is -4.24. The molecule has 0 atom stereocenters. The Morgan fingerprint density at radius 3 is 2.09 bits per heavy atom. The molecule has 9 nitrogen and oxygen atoms in total. The molecule has 168 valence electrons. The highest BCUT2D eigenvalue weighted by Crippen LogP contribution is 2.25. The van der Waals surface area contributed by atoms with E-state index in [0.29, 0.717) is 27.7 Å². The number of hydrogen-bond acceptors (Lipinski definition) is 5. The number of hydrogen-bond donors (Lipinski definition) is 3. The van der Waals surface area contributed by atoms with Gasteiger partial charge < -0.3 is 15.5 Å². The largest absolute Gasteiger partial charge is 0.363 e. The van der Waals surface area contributed by atoms with Crippen LogP contribution in [0.3, 0.4) is 0 Å². The van der Waals surface area contributed by atoms with E-state index in [-0.39, 0.29) is 16.9 Å². The Morgan fingerprint density at radius 2 is 1.52 bits per heavy atom. The molecule has 0 saturated carbocycles. The molecule has 0 aliphatic rings. The summed E-state index contributed by atoms with van der Waals surface area (Å²) in [6.45, 7) is 0. The smallest absolute Gasteiger partial charge is 0.270 e. The predicted octanol–water partition coefficient (Wildman–Crippen LogP) is 4.64. The van der Waals surface area contributed by atoms with Gasteiger partial charge in [-0.05, 0) is 42.5 Å². The van der Waals surface area contributed by atoms with Crippen LogP contribution < -0.4 is 10.6 Å². The Bertz CT molecular complexity index is 1220. The summed E-state index contributed by atoms with van der Waals surface area (Å²) in [5, 5.41) is 25.0. The van der Waals surface area contributed by atoms with Crippen LogP contribution in [0.15, 0.2) is 66.7 Å². The summed E-state index contributed by atoms with van der Waals surface area (Å²) < 4.78 is 0. The van der Waals surface area contributed by atoms with Crippen molar-refractivity contribution in [3.8, 4) is 0 Å². The molecular weight excluding hydrogens is 446 g/mol. The number of nitrogens with zero attached hydrogens (tertiary/aromatic N) is 2. The Labute approximate surface area is 194 Å². The van der Waals surface area contributed by atoms with Gasteiger partial charge in [-0.3, -0.25) is 25.1 Å². The number of amidine groups is 1. The average Bonchev–Trinajstić information content (AvgIpc) is 2.80. The van der Waals surface area contributed by atoms with E-state index in [1.165, 1.54) is 12.1 Å². The topological polar surface area (TPSA) is 128 Å². The summed E-state index contributed by atoms with van der Waals surface area (Å²) in [5.41, 5.74) is 1.12. The van der Waals surface area contributed by atoms with Crippen molar-refractivity contribution in [3.05, 3.63) is 98.6 Å². The molecule has 0 aliphatic heterocycles. The number of non-ortho nitro benzene ring substituents is 1. The summed E-state index contributed by atoms with van der Waals surface area (Å²) in [4.78, 5) is 37.8. The average molecular weight is 466 g/mol. The lowest BCUT2D eigenvalue weighted by Crippen LogP contribution is -2.22. The first-order valence-electron chi connectivity index (χ1n) is 9.68. The lowest BCUT2D eigenvalue weighted by molar-refractivity contribution is -0.384. The van der Waals surface area contributed by atoms with Crippen molar-refractivity contribution < 1.29 is 14.5 Å². The predicted molar refractivity (Wildman–Crippen MR) is 127 cm³/mol. The summed E-state index contributed by atoms with van der Waals surface area (Å²) in [6, 6.07) is 16.4. The summed E-state index contributed by atoms with van der Waals surface area (Å²) >= 11 is 5.85. The van der Waals surface area contributed by atoms with Crippen molar-refractivity contribution in [3.63, 3.8) is 0 Å². The number of amides is 2. The molecule has 0 spiro atoms. The van der Waals surface area contributed by atoms with Crippen LogP contribution in [0, 0.1) is 15.5 Å². The van der Waals surface area contributed by atoms with Crippen LogP contribution in [0.4, 0.5) is 17.1 Å². The van der Waals surface area contributed by atoms with E-state index >= 15 is 0 Å². The first-order chi connectivity index (χ1) is 15.7. The zero-order valence-corrected chi connectivity index (χ0v) is 18.5. The third-order valence-corrected chi connectivity index (χ3v) is 4.93. The number of nitro groups is 1. The SMILES string of the molecule is CN(C)C(=N)c1ccc(C(=O)Nc2ccc([N+](=O)[O-])cc2C(=O)Nc2ccc(Cl)cc2)cc1. The molecule has 33 heavy (non-hydrogen) atoms. The fraction of sp³-hybridized carbons (Fsp3) is 0.0870. The van der Waals surface area contributed by atoms with E-state index in [1.807, 2.05) is 0 Å². The molecule has 0 saturated heterocycles. The number of anilines is 2. The lowest BCUT2D eigenvalue weighted by atomic mass is 10.1. The summed E-state index contributed by atoms with van der Waals surface area (Å²) in [5.74, 6) is -0.850. The number of carbonyl (C=O) groups is 2. The van der Waals surface area contributed by atoms with Crippen molar-refractivity contribution in [1.29, 1.82) is 5.41 Å². The van der Waals surface area contributed by atoms with Crippen molar-refractivity contribution in [2.75, 3.05) is 24.7 Å². The number of nitrogens with one attached hydrogen (secondary N) is 3. The summed E-state index contributed by atoms with van der Waals surface area (Å²) in [7, 11) is 3.49. The van der Waals surface area contributed by atoms with Gasteiger partial charge in [0.1, 0.15) is 5.84 Å². The van der Waals surface area contributed by atoms with Crippen molar-refractivity contribution in [2.45, 2.75) is 0 Å². The fourth-order valence-electron chi connectivity index (χ4n) is 2.91. The zero-order valence-electron chi connectivity index (χ0n) is 17.8. The van der Waals surface area contributed by atoms with E-state index in [1.54, 1.807) is 67.5 Å².